The zero-order valence-electron chi connectivity index (χ0n) is 20.0. The van der Waals surface area contributed by atoms with E-state index >= 15 is 0 Å². The van der Waals surface area contributed by atoms with E-state index in [1.54, 1.807) is 6.92 Å². The van der Waals surface area contributed by atoms with Gasteiger partial charge in [0.25, 0.3) is 0 Å². The third kappa shape index (κ3) is 7.24. The molecule has 0 radical (unpaired) electrons. The van der Waals surface area contributed by atoms with Crippen molar-refractivity contribution in [3.05, 3.63) is 65.2 Å². The predicted molar refractivity (Wildman–Crippen MR) is 128 cm³/mol. The maximum absolute atomic E-state index is 13.8. The summed E-state index contributed by atoms with van der Waals surface area (Å²) in [5.41, 5.74) is 1.58. The smallest absolute Gasteiger partial charge is 0.244 e. The third-order valence-electron chi connectivity index (χ3n) is 5.51. The van der Waals surface area contributed by atoms with Crippen molar-refractivity contribution in [3.63, 3.8) is 0 Å². The molecule has 0 aliphatic heterocycles. The van der Waals surface area contributed by atoms with E-state index < -0.39 is 40.2 Å². The number of nitrogens with one attached hydrogen (secondary N) is 1. The number of benzene rings is 2. The Morgan fingerprint density at radius 1 is 1.03 bits per heavy atom. The number of carbonyl (C=O) groups excluding carboxylic acids is 2. The molecule has 7 nitrogen and oxygen atoms in total. The van der Waals surface area contributed by atoms with Crippen LogP contribution in [0.4, 0.5) is 14.5 Å². The lowest BCUT2D eigenvalue weighted by Gasteiger charge is -2.32. The van der Waals surface area contributed by atoms with Crippen molar-refractivity contribution in [2.45, 2.75) is 52.7 Å². The van der Waals surface area contributed by atoms with E-state index in [9.17, 15) is 26.8 Å². The monoisotopic (exact) mass is 495 g/mol. The molecule has 0 saturated heterocycles. The highest BCUT2D eigenvalue weighted by Crippen LogP contribution is 2.21. The molecule has 0 bridgehead atoms. The van der Waals surface area contributed by atoms with E-state index in [-0.39, 0.29) is 24.2 Å². The minimum atomic E-state index is -4.03. The van der Waals surface area contributed by atoms with Crippen molar-refractivity contribution in [3.8, 4) is 0 Å². The fraction of sp³-hybridized carbons (Fsp3) is 0.417. The van der Waals surface area contributed by atoms with Crippen molar-refractivity contribution in [2.75, 3.05) is 17.1 Å². The molecule has 0 saturated carbocycles. The van der Waals surface area contributed by atoms with Crippen molar-refractivity contribution in [2.24, 2.45) is 0 Å². The SMILES string of the molecule is CC[C@@H](C)NC(=O)[C@H](C)N(Cc1ccc(C)cc1)C(=O)CN(c1ccc(F)c(F)c1)S(C)(=O)=O. The Kier molecular flexibility index (Phi) is 9.14. The third-order valence-corrected chi connectivity index (χ3v) is 6.65. The maximum atomic E-state index is 13.8. The molecule has 0 aromatic heterocycles. The first-order chi connectivity index (χ1) is 15.8. The highest BCUT2D eigenvalue weighted by Gasteiger charge is 2.30. The average Bonchev–Trinajstić information content (AvgIpc) is 2.77. The number of carbonyl (C=O) groups is 2. The quantitative estimate of drug-likeness (QED) is 0.548. The van der Waals surface area contributed by atoms with Gasteiger partial charge in [0.15, 0.2) is 11.6 Å². The van der Waals surface area contributed by atoms with Crippen LogP contribution in [0.5, 0.6) is 0 Å². The number of amides is 2. The van der Waals surface area contributed by atoms with Crippen LogP contribution < -0.4 is 9.62 Å². The molecule has 2 rings (SSSR count). The lowest BCUT2D eigenvalue weighted by atomic mass is 10.1. The van der Waals surface area contributed by atoms with Gasteiger partial charge in [-0.3, -0.25) is 13.9 Å². The topological polar surface area (TPSA) is 86.8 Å². The predicted octanol–water partition coefficient (Wildman–Crippen LogP) is 3.37. The number of sulfonamides is 1. The van der Waals surface area contributed by atoms with Gasteiger partial charge in [-0.15, -0.1) is 0 Å². The van der Waals surface area contributed by atoms with Crippen LogP contribution in [0.1, 0.15) is 38.3 Å². The maximum Gasteiger partial charge on any atom is 0.244 e. The van der Waals surface area contributed by atoms with Crippen molar-refractivity contribution >= 4 is 27.5 Å². The van der Waals surface area contributed by atoms with Crippen LogP contribution in [0.15, 0.2) is 42.5 Å². The average molecular weight is 496 g/mol. The van der Waals surface area contributed by atoms with Gasteiger partial charge >= 0.3 is 0 Å². The van der Waals surface area contributed by atoms with E-state index in [4.69, 9.17) is 0 Å². The Bertz CT molecular complexity index is 1120. The second kappa shape index (κ2) is 11.4. The molecule has 0 aliphatic carbocycles. The first-order valence-corrected chi connectivity index (χ1v) is 12.8. The van der Waals surface area contributed by atoms with Crippen LogP contribution in [0.2, 0.25) is 0 Å². The molecule has 0 fully saturated rings. The molecule has 2 atom stereocenters. The summed E-state index contributed by atoms with van der Waals surface area (Å²) in [7, 11) is -4.03. The summed E-state index contributed by atoms with van der Waals surface area (Å²) in [6, 6.07) is 8.94. The molecule has 2 aromatic rings. The Balaban J connectivity index is 2.39. The first kappa shape index (κ1) is 27.2. The van der Waals surface area contributed by atoms with E-state index in [2.05, 4.69) is 5.32 Å². The van der Waals surface area contributed by atoms with Crippen molar-refractivity contribution < 1.29 is 26.8 Å². The number of nitrogens with zero attached hydrogens (tertiary/aromatic N) is 2. The van der Waals surface area contributed by atoms with Crippen LogP contribution in [-0.4, -0.2) is 50.0 Å². The summed E-state index contributed by atoms with van der Waals surface area (Å²) < 4.78 is 52.7. The second-order valence-corrected chi connectivity index (χ2v) is 10.3. The zero-order valence-corrected chi connectivity index (χ0v) is 20.8. The standard InChI is InChI=1S/C24H31F2N3O4S/c1-6-17(3)27-24(31)18(4)28(14-19-9-7-16(2)8-10-19)23(30)15-29(34(5,32)33)20-11-12-21(25)22(26)13-20/h7-13,17-18H,6,14-15H2,1-5H3,(H,27,31)/t17-,18+/m1/s1. The highest BCUT2D eigenvalue weighted by atomic mass is 32.2. The van der Waals surface area contributed by atoms with Crippen LogP contribution in [0.25, 0.3) is 0 Å². The van der Waals surface area contributed by atoms with Gasteiger partial charge in [0.2, 0.25) is 21.8 Å². The van der Waals surface area contributed by atoms with E-state index in [1.165, 1.54) is 4.90 Å². The number of rotatable bonds is 10. The summed E-state index contributed by atoms with van der Waals surface area (Å²) >= 11 is 0. The van der Waals surface area contributed by atoms with Gasteiger partial charge in [-0.25, -0.2) is 17.2 Å². The Labute approximate surface area is 199 Å². The lowest BCUT2D eigenvalue weighted by Crippen LogP contribution is -2.52. The highest BCUT2D eigenvalue weighted by molar-refractivity contribution is 7.92. The Hall–Kier alpha value is -3.01. The molecule has 2 amide bonds. The Morgan fingerprint density at radius 3 is 2.18 bits per heavy atom. The molecule has 2 aromatic carbocycles. The van der Waals surface area contributed by atoms with E-state index in [0.717, 1.165) is 29.5 Å². The summed E-state index contributed by atoms with van der Waals surface area (Å²) in [6.07, 6.45) is 1.56. The van der Waals surface area contributed by atoms with E-state index in [1.807, 2.05) is 45.0 Å². The van der Waals surface area contributed by atoms with Gasteiger partial charge in [0, 0.05) is 18.7 Å². The molecular formula is C24H31F2N3O4S. The van der Waals surface area contributed by atoms with Gasteiger partial charge in [-0.1, -0.05) is 36.8 Å². The molecular weight excluding hydrogens is 464 g/mol. The van der Waals surface area contributed by atoms with Crippen molar-refractivity contribution in [1.29, 1.82) is 0 Å². The molecule has 1 N–H and O–H groups in total. The largest absolute Gasteiger partial charge is 0.352 e. The van der Waals surface area contributed by atoms with Crippen LogP contribution in [-0.2, 0) is 26.2 Å². The van der Waals surface area contributed by atoms with Crippen LogP contribution in [0, 0.1) is 18.6 Å². The summed E-state index contributed by atoms with van der Waals surface area (Å²) in [4.78, 5) is 27.5. The number of hydrogen-bond acceptors (Lipinski definition) is 4. The second-order valence-electron chi connectivity index (χ2n) is 8.37. The molecule has 186 valence electrons. The molecule has 10 heteroatoms. The zero-order chi connectivity index (χ0) is 25.6. The molecule has 0 heterocycles. The first-order valence-electron chi connectivity index (χ1n) is 10.9. The minimum Gasteiger partial charge on any atom is -0.352 e. The lowest BCUT2D eigenvalue weighted by molar-refractivity contribution is -0.139. The molecule has 34 heavy (non-hydrogen) atoms. The molecule has 0 spiro atoms. The van der Waals surface area contributed by atoms with Gasteiger partial charge in [0.05, 0.1) is 11.9 Å². The summed E-state index contributed by atoms with van der Waals surface area (Å²) in [6.45, 7) is 6.61. The number of hydrogen-bond donors (Lipinski definition) is 1. The van der Waals surface area contributed by atoms with E-state index in [0.29, 0.717) is 16.8 Å². The fourth-order valence-corrected chi connectivity index (χ4v) is 4.03. The minimum absolute atomic E-state index is 0.0591. The number of anilines is 1. The normalized spacial score (nSPS) is 13.1. The number of aryl methyl sites for hydroxylation is 1. The van der Waals surface area contributed by atoms with Gasteiger partial charge in [-0.2, -0.15) is 0 Å². The summed E-state index contributed by atoms with van der Waals surface area (Å²) in [5.74, 6) is -3.42. The molecule has 0 aliphatic rings. The van der Waals surface area contributed by atoms with Crippen LogP contribution in [0.3, 0.4) is 0 Å². The van der Waals surface area contributed by atoms with Gasteiger partial charge in [-0.05, 0) is 44.9 Å². The summed E-state index contributed by atoms with van der Waals surface area (Å²) in [5, 5.41) is 2.83. The fourth-order valence-electron chi connectivity index (χ4n) is 3.19. The van der Waals surface area contributed by atoms with Crippen molar-refractivity contribution in [1.82, 2.24) is 10.2 Å². The molecule has 0 unspecified atom stereocenters. The Morgan fingerprint density at radius 2 is 1.65 bits per heavy atom. The van der Waals surface area contributed by atoms with Crippen LogP contribution >= 0.6 is 0 Å². The van der Waals surface area contributed by atoms with Gasteiger partial charge < -0.3 is 10.2 Å². The number of halogens is 2. The van der Waals surface area contributed by atoms with Gasteiger partial charge in [0.1, 0.15) is 12.6 Å².